The Balaban J connectivity index is 1.89. The van der Waals surface area contributed by atoms with Crippen molar-refractivity contribution in [3.63, 3.8) is 0 Å². The molecule has 0 radical (unpaired) electrons. The number of hydrazine groups is 1. The van der Waals surface area contributed by atoms with Gasteiger partial charge < -0.3 is 14.2 Å². The van der Waals surface area contributed by atoms with Crippen molar-refractivity contribution < 1.29 is 9.21 Å². The summed E-state index contributed by atoms with van der Waals surface area (Å²) in [5, 5.41) is 0. The minimum atomic E-state index is -0.387. The Morgan fingerprint density at radius 1 is 1.52 bits per heavy atom. The lowest BCUT2D eigenvalue weighted by atomic mass is 9.96. The number of hydrogen-bond donors (Lipinski definition) is 2. The smallest absolute Gasteiger partial charge is 0.300 e. The molecule has 1 aromatic rings. The van der Waals surface area contributed by atoms with E-state index in [9.17, 15) is 4.79 Å². The highest BCUT2D eigenvalue weighted by Gasteiger charge is 2.19. The maximum atomic E-state index is 11.5. The summed E-state index contributed by atoms with van der Waals surface area (Å²) in [5.41, 5.74) is 3.14. The summed E-state index contributed by atoms with van der Waals surface area (Å²) < 4.78 is 5.45. The summed E-state index contributed by atoms with van der Waals surface area (Å²) in [5.74, 6) is 6.55. The molecule has 1 aliphatic heterocycles. The average Bonchev–Trinajstić information content (AvgIpc) is 2.82. The Morgan fingerprint density at radius 3 is 2.81 bits per heavy atom. The van der Waals surface area contributed by atoms with E-state index in [-0.39, 0.29) is 11.7 Å². The topological polar surface area (TPSA) is 74.7 Å². The number of amides is 1. The van der Waals surface area contributed by atoms with E-state index in [4.69, 9.17) is 10.3 Å². The molecule has 1 amide bonds. The van der Waals surface area contributed by atoms with E-state index in [1.807, 2.05) is 6.92 Å². The molecule has 1 aromatic heterocycles. The highest BCUT2D eigenvalue weighted by molar-refractivity contribution is 5.91. The van der Waals surface area contributed by atoms with Crippen molar-refractivity contribution in [3.8, 4) is 0 Å². The number of carbonyl (C=O) groups excluding carboxylic acids is 1. The van der Waals surface area contributed by atoms with Crippen LogP contribution < -0.4 is 11.3 Å². The Labute approximate surface area is 126 Å². The number of furan rings is 1. The van der Waals surface area contributed by atoms with Gasteiger partial charge in [0.2, 0.25) is 0 Å². The van der Waals surface area contributed by atoms with Crippen LogP contribution in [0, 0.1) is 12.8 Å². The standard InChI is InChI=1S/C15H26N4O2/c1-11-13(8-14(21-11)15(20)17-16)10-19(3)9-12-4-6-18(2)7-5-12/h8,12H,4-7,9-10,16H2,1-3H3,(H,17,20). The molecule has 0 bridgehead atoms. The summed E-state index contributed by atoms with van der Waals surface area (Å²) in [7, 11) is 4.30. The number of nitrogen functional groups attached to an aromatic ring is 1. The first-order chi connectivity index (χ1) is 9.99. The number of nitrogens with one attached hydrogen (secondary N) is 1. The van der Waals surface area contributed by atoms with E-state index < -0.39 is 0 Å². The molecule has 21 heavy (non-hydrogen) atoms. The summed E-state index contributed by atoms with van der Waals surface area (Å²) in [4.78, 5) is 16.2. The molecule has 1 aliphatic rings. The van der Waals surface area contributed by atoms with Crippen molar-refractivity contribution in [1.82, 2.24) is 15.2 Å². The van der Waals surface area contributed by atoms with Crippen molar-refractivity contribution in [3.05, 3.63) is 23.2 Å². The minimum absolute atomic E-state index is 0.276. The van der Waals surface area contributed by atoms with Gasteiger partial charge in [-0.2, -0.15) is 0 Å². The van der Waals surface area contributed by atoms with Gasteiger partial charge in [-0.25, -0.2) is 5.84 Å². The number of carbonyl (C=O) groups is 1. The molecule has 0 aliphatic carbocycles. The molecule has 6 heteroatoms. The van der Waals surface area contributed by atoms with Gasteiger partial charge >= 0.3 is 5.91 Å². The van der Waals surface area contributed by atoms with Gasteiger partial charge in [0, 0.05) is 18.7 Å². The second-order valence-corrected chi connectivity index (χ2v) is 6.11. The third-order valence-corrected chi connectivity index (χ3v) is 4.22. The van der Waals surface area contributed by atoms with Crippen LogP contribution in [0.1, 0.15) is 34.7 Å². The van der Waals surface area contributed by atoms with E-state index in [2.05, 4.69) is 29.3 Å². The number of nitrogens with zero attached hydrogens (tertiary/aromatic N) is 2. The molecule has 3 N–H and O–H groups in total. The molecule has 0 unspecified atom stereocenters. The second kappa shape index (κ2) is 7.06. The largest absolute Gasteiger partial charge is 0.456 e. The Hall–Kier alpha value is -1.37. The van der Waals surface area contributed by atoms with Gasteiger partial charge in [-0.1, -0.05) is 0 Å². The molecular formula is C15H26N4O2. The van der Waals surface area contributed by atoms with Gasteiger partial charge in [-0.3, -0.25) is 10.2 Å². The maximum absolute atomic E-state index is 11.5. The van der Waals surface area contributed by atoms with Gasteiger partial charge in [-0.05, 0) is 58.9 Å². The first-order valence-corrected chi connectivity index (χ1v) is 7.47. The molecule has 2 rings (SSSR count). The Kier molecular flexibility index (Phi) is 5.39. The molecule has 0 aromatic carbocycles. The molecule has 0 spiro atoms. The number of hydrogen-bond acceptors (Lipinski definition) is 5. The molecule has 2 heterocycles. The van der Waals surface area contributed by atoms with E-state index in [0.717, 1.165) is 30.3 Å². The predicted molar refractivity (Wildman–Crippen MR) is 81.7 cm³/mol. The Bertz CT molecular complexity index is 478. The van der Waals surface area contributed by atoms with Crippen LogP contribution in [0.2, 0.25) is 0 Å². The molecular weight excluding hydrogens is 268 g/mol. The van der Waals surface area contributed by atoms with Crippen LogP contribution in [0.5, 0.6) is 0 Å². The Morgan fingerprint density at radius 2 is 2.19 bits per heavy atom. The van der Waals surface area contributed by atoms with Crippen LogP contribution in [-0.4, -0.2) is 49.4 Å². The molecule has 1 fully saturated rings. The van der Waals surface area contributed by atoms with Crippen LogP contribution in [0.15, 0.2) is 10.5 Å². The van der Waals surface area contributed by atoms with Gasteiger partial charge in [0.05, 0.1) is 0 Å². The first-order valence-electron chi connectivity index (χ1n) is 7.47. The van der Waals surface area contributed by atoms with Crippen LogP contribution in [0.4, 0.5) is 0 Å². The van der Waals surface area contributed by atoms with E-state index in [1.54, 1.807) is 6.07 Å². The number of nitrogens with two attached hydrogens (primary N) is 1. The van der Waals surface area contributed by atoms with Crippen LogP contribution >= 0.6 is 0 Å². The van der Waals surface area contributed by atoms with E-state index in [0.29, 0.717) is 0 Å². The molecule has 118 valence electrons. The van der Waals surface area contributed by atoms with Crippen molar-refractivity contribution in [2.75, 3.05) is 33.7 Å². The van der Waals surface area contributed by atoms with E-state index >= 15 is 0 Å². The zero-order valence-electron chi connectivity index (χ0n) is 13.2. The highest BCUT2D eigenvalue weighted by Crippen LogP contribution is 2.20. The summed E-state index contributed by atoms with van der Waals surface area (Å²) in [6.45, 7) is 6.12. The van der Waals surface area contributed by atoms with Crippen LogP contribution in [-0.2, 0) is 6.54 Å². The van der Waals surface area contributed by atoms with E-state index in [1.165, 1.54) is 25.9 Å². The fraction of sp³-hybridized carbons (Fsp3) is 0.667. The maximum Gasteiger partial charge on any atom is 0.300 e. The lowest BCUT2D eigenvalue weighted by Crippen LogP contribution is -2.35. The van der Waals surface area contributed by atoms with Gasteiger partial charge in [-0.15, -0.1) is 0 Å². The third kappa shape index (κ3) is 4.30. The average molecular weight is 294 g/mol. The number of likely N-dealkylation sites (tertiary alicyclic amines) is 1. The molecule has 0 atom stereocenters. The summed E-state index contributed by atoms with van der Waals surface area (Å²) >= 11 is 0. The fourth-order valence-electron chi connectivity index (χ4n) is 2.90. The lowest BCUT2D eigenvalue weighted by molar-refractivity contribution is 0.0924. The van der Waals surface area contributed by atoms with Crippen molar-refractivity contribution in [2.45, 2.75) is 26.3 Å². The zero-order chi connectivity index (χ0) is 15.4. The molecule has 0 saturated carbocycles. The summed E-state index contributed by atoms with van der Waals surface area (Å²) in [6.07, 6.45) is 2.51. The predicted octanol–water partition coefficient (Wildman–Crippen LogP) is 0.965. The normalized spacial score (nSPS) is 17.4. The van der Waals surface area contributed by atoms with Gasteiger partial charge in [0.15, 0.2) is 5.76 Å². The summed E-state index contributed by atoms with van der Waals surface area (Å²) in [6, 6.07) is 1.78. The monoisotopic (exact) mass is 294 g/mol. The van der Waals surface area contributed by atoms with Crippen molar-refractivity contribution in [2.24, 2.45) is 11.8 Å². The van der Waals surface area contributed by atoms with Crippen LogP contribution in [0.25, 0.3) is 0 Å². The molecule has 6 nitrogen and oxygen atoms in total. The van der Waals surface area contributed by atoms with Gasteiger partial charge in [0.1, 0.15) is 5.76 Å². The third-order valence-electron chi connectivity index (χ3n) is 4.22. The second-order valence-electron chi connectivity index (χ2n) is 6.11. The lowest BCUT2D eigenvalue weighted by Gasteiger charge is -2.31. The molecule has 1 saturated heterocycles. The number of aryl methyl sites for hydroxylation is 1. The number of piperidine rings is 1. The zero-order valence-corrected chi connectivity index (χ0v) is 13.2. The highest BCUT2D eigenvalue weighted by atomic mass is 16.4. The van der Waals surface area contributed by atoms with Crippen molar-refractivity contribution >= 4 is 5.91 Å². The SMILES string of the molecule is Cc1oc(C(=O)NN)cc1CN(C)CC1CCN(C)CC1. The van der Waals surface area contributed by atoms with Gasteiger partial charge in [0.25, 0.3) is 0 Å². The first kappa shape index (κ1) is 16.0. The number of rotatable bonds is 5. The minimum Gasteiger partial charge on any atom is -0.456 e. The quantitative estimate of drug-likeness (QED) is 0.481. The van der Waals surface area contributed by atoms with Crippen molar-refractivity contribution in [1.29, 1.82) is 0 Å². The fourth-order valence-corrected chi connectivity index (χ4v) is 2.90. The van der Waals surface area contributed by atoms with Crippen LogP contribution in [0.3, 0.4) is 0 Å².